The molecule has 0 radical (unpaired) electrons. The second kappa shape index (κ2) is 6.34. The Morgan fingerprint density at radius 3 is 2.54 bits per heavy atom. The van der Waals surface area contributed by atoms with Gasteiger partial charge < -0.3 is 15.2 Å². The second-order valence-electron chi connectivity index (χ2n) is 7.32. The molecule has 3 rings (SSSR count). The largest absolute Gasteiger partial charge is 0.465 e. The molecule has 0 saturated heterocycles. The third-order valence-corrected chi connectivity index (χ3v) is 4.74. The summed E-state index contributed by atoms with van der Waals surface area (Å²) in [6.07, 6.45) is 0.953. The van der Waals surface area contributed by atoms with Gasteiger partial charge in [-0.1, -0.05) is 26.0 Å². The van der Waals surface area contributed by atoms with Crippen molar-refractivity contribution in [3.63, 3.8) is 0 Å². The average molecular weight is 352 g/mol. The predicted molar refractivity (Wildman–Crippen MR) is 93.5 cm³/mol. The minimum absolute atomic E-state index is 0.0267. The van der Waals surface area contributed by atoms with Gasteiger partial charge >= 0.3 is 5.97 Å². The smallest absolute Gasteiger partial charge is 0.337 e. The van der Waals surface area contributed by atoms with Gasteiger partial charge in [-0.25, -0.2) is 4.79 Å². The first-order valence-corrected chi connectivity index (χ1v) is 8.29. The highest BCUT2D eigenvalue weighted by Crippen LogP contribution is 2.47. The van der Waals surface area contributed by atoms with Crippen LogP contribution in [0.4, 0.5) is 0 Å². The molecule has 1 unspecified atom stereocenters. The van der Waals surface area contributed by atoms with E-state index < -0.39 is 11.9 Å². The van der Waals surface area contributed by atoms with Crippen LogP contribution in [0, 0.1) is 16.7 Å². The van der Waals surface area contributed by atoms with Gasteiger partial charge in [0.05, 0.1) is 18.6 Å². The fourth-order valence-electron chi connectivity index (χ4n) is 3.55. The molecule has 0 saturated carbocycles. The van der Waals surface area contributed by atoms with E-state index in [0.29, 0.717) is 35.3 Å². The zero-order valence-electron chi connectivity index (χ0n) is 15.0. The van der Waals surface area contributed by atoms with E-state index in [1.165, 1.54) is 7.11 Å². The molecule has 2 N–H and O–H groups in total. The minimum Gasteiger partial charge on any atom is -0.465 e. The lowest BCUT2D eigenvalue weighted by molar-refractivity contribution is -0.119. The molecule has 26 heavy (non-hydrogen) atoms. The van der Waals surface area contributed by atoms with Crippen LogP contribution in [-0.4, -0.2) is 18.9 Å². The van der Waals surface area contributed by atoms with Crippen LogP contribution >= 0.6 is 0 Å². The Balaban J connectivity index is 2.11. The molecule has 134 valence electrons. The van der Waals surface area contributed by atoms with E-state index in [-0.39, 0.29) is 22.7 Å². The number of carbonyl (C=O) groups excluding carboxylic acids is 2. The number of nitriles is 1. The molecule has 1 aromatic rings. The lowest BCUT2D eigenvalue weighted by atomic mass is 9.70. The van der Waals surface area contributed by atoms with Gasteiger partial charge in [-0.2, -0.15) is 5.26 Å². The maximum absolute atomic E-state index is 12.8. The molecule has 0 spiro atoms. The van der Waals surface area contributed by atoms with Gasteiger partial charge in [-0.3, -0.25) is 4.79 Å². The number of methoxy groups -OCH3 is 1. The first-order valence-electron chi connectivity index (χ1n) is 8.29. The van der Waals surface area contributed by atoms with Crippen molar-refractivity contribution >= 4 is 11.8 Å². The lowest BCUT2D eigenvalue weighted by Crippen LogP contribution is -2.33. The van der Waals surface area contributed by atoms with Gasteiger partial charge in [0.1, 0.15) is 17.4 Å². The lowest BCUT2D eigenvalue weighted by Gasteiger charge is -2.37. The Morgan fingerprint density at radius 2 is 1.96 bits per heavy atom. The Kier molecular flexibility index (Phi) is 4.33. The standard InChI is InChI=1S/C20H20N2O4/c1-20(2)8-14(23)17-15(9-20)26-18(22)13(10-21)16(17)11-4-6-12(7-5-11)19(24)25-3/h4-7,16H,8-9,22H2,1-3H3. The van der Waals surface area contributed by atoms with Gasteiger partial charge in [0.25, 0.3) is 0 Å². The molecule has 0 amide bonds. The van der Waals surface area contributed by atoms with Crippen LogP contribution in [0.25, 0.3) is 0 Å². The second-order valence-corrected chi connectivity index (χ2v) is 7.32. The molecule has 6 heteroatoms. The number of rotatable bonds is 2. The van der Waals surface area contributed by atoms with Crippen LogP contribution in [-0.2, 0) is 14.3 Å². The van der Waals surface area contributed by atoms with E-state index in [0.717, 1.165) is 0 Å². The number of Topliss-reactive ketones (excluding diaryl/α,β-unsaturated/α-hetero) is 1. The zero-order valence-corrected chi connectivity index (χ0v) is 15.0. The molecule has 0 bridgehead atoms. The molecule has 0 fully saturated rings. The summed E-state index contributed by atoms with van der Waals surface area (Å²) >= 11 is 0. The number of nitrogens with zero attached hydrogens (tertiary/aromatic N) is 1. The maximum atomic E-state index is 12.8. The summed E-state index contributed by atoms with van der Waals surface area (Å²) in [4.78, 5) is 24.5. The van der Waals surface area contributed by atoms with Crippen LogP contribution in [0.3, 0.4) is 0 Å². The van der Waals surface area contributed by atoms with Gasteiger partial charge in [-0.15, -0.1) is 0 Å². The Hall–Kier alpha value is -3.07. The number of ketones is 1. The fourth-order valence-corrected chi connectivity index (χ4v) is 3.55. The number of carbonyl (C=O) groups is 2. The summed E-state index contributed by atoms with van der Waals surface area (Å²) in [5.41, 5.74) is 7.55. The topological polar surface area (TPSA) is 102 Å². The molecule has 0 aromatic heterocycles. The summed E-state index contributed by atoms with van der Waals surface area (Å²) in [6, 6.07) is 8.72. The van der Waals surface area contributed by atoms with Crippen LogP contribution in [0.1, 0.15) is 48.5 Å². The number of hydrogen-bond donors (Lipinski definition) is 1. The van der Waals surface area contributed by atoms with Crippen molar-refractivity contribution < 1.29 is 19.1 Å². The van der Waals surface area contributed by atoms with E-state index in [9.17, 15) is 14.9 Å². The monoisotopic (exact) mass is 352 g/mol. The number of nitrogens with two attached hydrogens (primary N) is 1. The number of hydrogen-bond acceptors (Lipinski definition) is 6. The SMILES string of the molecule is COC(=O)c1ccc(C2C(C#N)=C(N)OC3=C2C(=O)CC(C)(C)C3)cc1. The van der Waals surface area contributed by atoms with Crippen LogP contribution in [0.15, 0.2) is 47.1 Å². The van der Waals surface area contributed by atoms with E-state index in [1.807, 2.05) is 13.8 Å². The summed E-state index contributed by atoms with van der Waals surface area (Å²) in [5.74, 6) is -0.518. The molecule has 1 heterocycles. The van der Waals surface area contributed by atoms with Crippen molar-refractivity contribution in [3.8, 4) is 6.07 Å². The first-order chi connectivity index (χ1) is 12.3. The molecule has 1 aliphatic carbocycles. The molecule has 1 aromatic carbocycles. The highest BCUT2D eigenvalue weighted by molar-refractivity contribution is 6.00. The normalized spacial score (nSPS) is 21.6. The summed E-state index contributed by atoms with van der Waals surface area (Å²) in [5, 5.41) is 9.58. The van der Waals surface area contributed by atoms with E-state index in [1.54, 1.807) is 24.3 Å². The molecular formula is C20H20N2O4. The summed E-state index contributed by atoms with van der Waals surface area (Å²) < 4.78 is 10.4. The highest BCUT2D eigenvalue weighted by Gasteiger charge is 2.42. The van der Waals surface area contributed by atoms with E-state index in [4.69, 9.17) is 15.2 Å². The molecule has 2 aliphatic rings. The van der Waals surface area contributed by atoms with Crippen molar-refractivity contribution in [2.75, 3.05) is 7.11 Å². The summed E-state index contributed by atoms with van der Waals surface area (Å²) in [7, 11) is 1.31. The van der Waals surface area contributed by atoms with E-state index in [2.05, 4.69) is 6.07 Å². The predicted octanol–water partition coefficient (Wildman–Crippen LogP) is 2.92. The Labute approximate surface area is 151 Å². The van der Waals surface area contributed by atoms with Crippen LogP contribution in [0.5, 0.6) is 0 Å². The van der Waals surface area contributed by atoms with Crippen LogP contribution < -0.4 is 5.73 Å². The number of esters is 1. The van der Waals surface area contributed by atoms with Gasteiger partial charge in [0.15, 0.2) is 5.78 Å². The minimum atomic E-state index is -0.584. The zero-order chi connectivity index (χ0) is 19.1. The van der Waals surface area contributed by atoms with Gasteiger partial charge in [-0.05, 0) is 23.1 Å². The first kappa shape index (κ1) is 17.7. The molecule has 1 aliphatic heterocycles. The van der Waals surface area contributed by atoms with Crippen LogP contribution in [0.2, 0.25) is 0 Å². The number of ether oxygens (including phenoxy) is 2. The van der Waals surface area contributed by atoms with Crippen molar-refractivity contribution in [1.82, 2.24) is 0 Å². The van der Waals surface area contributed by atoms with Crippen molar-refractivity contribution in [3.05, 3.63) is 58.2 Å². The summed E-state index contributed by atoms with van der Waals surface area (Å²) in [6.45, 7) is 4.00. The highest BCUT2D eigenvalue weighted by atomic mass is 16.5. The number of benzene rings is 1. The maximum Gasteiger partial charge on any atom is 0.337 e. The molecule has 6 nitrogen and oxygen atoms in total. The fraction of sp³-hybridized carbons (Fsp3) is 0.350. The number of allylic oxidation sites excluding steroid dienone is 3. The van der Waals surface area contributed by atoms with Gasteiger partial charge in [0.2, 0.25) is 5.88 Å². The van der Waals surface area contributed by atoms with Gasteiger partial charge in [0, 0.05) is 18.4 Å². The Morgan fingerprint density at radius 1 is 1.31 bits per heavy atom. The van der Waals surface area contributed by atoms with E-state index >= 15 is 0 Å². The van der Waals surface area contributed by atoms with Crippen molar-refractivity contribution in [2.24, 2.45) is 11.1 Å². The van der Waals surface area contributed by atoms with Crippen molar-refractivity contribution in [1.29, 1.82) is 5.26 Å². The van der Waals surface area contributed by atoms with Crippen molar-refractivity contribution in [2.45, 2.75) is 32.6 Å². The molecular weight excluding hydrogens is 332 g/mol. The molecule has 1 atom stereocenters. The average Bonchev–Trinajstić information content (AvgIpc) is 2.59. The third-order valence-electron chi connectivity index (χ3n) is 4.74. The third kappa shape index (κ3) is 2.97. The Bertz CT molecular complexity index is 885. The quantitative estimate of drug-likeness (QED) is 0.821.